The molecule has 0 aromatic rings. The lowest BCUT2D eigenvalue weighted by Gasteiger charge is -2.48. The average molecular weight is 294 g/mol. The van der Waals surface area contributed by atoms with E-state index < -0.39 is 0 Å². The Balaban J connectivity index is 2.22. The molecule has 4 nitrogen and oxygen atoms in total. The summed E-state index contributed by atoms with van der Waals surface area (Å²) in [6.45, 7) is 11.7. The van der Waals surface area contributed by atoms with Gasteiger partial charge in [-0.3, -0.25) is 9.59 Å². The van der Waals surface area contributed by atoms with Gasteiger partial charge in [-0.15, -0.1) is 0 Å². The van der Waals surface area contributed by atoms with Crippen LogP contribution in [0.1, 0.15) is 66.7 Å². The minimum atomic E-state index is -0.340. The number of hydrogen-bond acceptors (Lipinski definition) is 2. The van der Waals surface area contributed by atoms with E-state index in [4.69, 9.17) is 0 Å². The number of nitrogens with one attached hydrogen (secondary N) is 1. The van der Waals surface area contributed by atoms with E-state index in [1.54, 1.807) is 0 Å². The molecule has 2 fully saturated rings. The molecule has 1 unspecified atom stereocenters. The predicted molar refractivity (Wildman–Crippen MR) is 83.8 cm³/mol. The van der Waals surface area contributed by atoms with Crippen molar-refractivity contribution in [2.45, 2.75) is 78.8 Å². The van der Waals surface area contributed by atoms with E-state index in [2.05, 4.69) is 33.0 Å². The Bertz CT molecular complexity index is 413. The number of nitrogens with zero attached hydrogens (tertiary/aromatic N) is 1. The first kappa shape index (κ1) is 16.3. The Hall–Kier alpha value is -1.06. The van der Waals surface area contributed by atoms with Crippen molar-refractivity contribution in [3.63, 3.8) is 0 Å². The van der Waals surface area contributed by atoms with Gasteiger partial charge in [-0.2, -0.15) is 0 Å². The van der Waals surface area contributed by atoms with Crippen LogP contribution in [-0.4, -0.2) is 35.3 Å². The van der Waals surface area contributed by atoms with Crippen LogP contribution in [-0.2, 0) is 9.59 Å². The van der Waals surface area contributed by atoms with E-state index in [1.165, 1.54) is 6.42 Å². The lowest BCUT2D eigenvalue weighted by atomic mass is 9.63. The van der Waals surface area contributed by atoms with E-state index in [0.29, 0.717) is 19.4 Å². The summed E-state index contributed by atoms with van der Waals surface area (Å²) >= 11 is 0. The molecular formula is C17H30N2O2. The number of amides is 2. The Labute approximate surface area is 128 Å². The zero-order valence-corrected chi connectivity index (χ0v) is 14.2. The molecule has 0 radical (unpaired) electrons. The van der Waals surface area contributed by atoms with Crippen LogP contribution in [0.15, 0.2) is 0 Å². The van der Waals surface area contributed by atoms with Gasteiger partial charge in [0.05, 0.1) is 0 Å². The summed E-state index contributed by atoms with van der Waals surface area (Å²) in [6, 6.07) is -0.0776. The van der Waals surface area contributed by atoms with Crippen LogP contribution in [0.2, 0.25) is 0 Å². The summed E-state index contributed by atoms with van der Waals surface area (Å²) in [5.41, 5.74) is 0.496. The van der Waals surface area contributed by atoms with Gasteiger partial charge >= 0.3 is 0 Å². The minimum Gasteiger partial charge on any atom is -0.344 e. The quantitative estimate of drug-likeness (QED) is 0.851. The van der Waals surface area contributed by atoms with Gasteiger partial charge in [-0.1, -0.05) is 34.6 Å². The molecule has 1 saturated carbocycles. The normalized spacial score (nSPS) is 30.0. The zero-order chi connectivity index (χ0) is 15.8. The third-order valence-electron chi connectivity index (χ3n) is 4.88. The van der Waals surface area contributed by atoms with Crippen molar-refractivity contribution in [1.82, 2.24) is 10.2 Å². The maximum atomic E-state index is 12.8. The number of carbonyl (C=O) groups excluding carboxylic acids is 2. The second-order valence-electron chi connectivity index (χ2n) is 8.38. The maximum Gasteiger partial charge on any atom is 0.245 e. The van der Waals surface area contributed by atoms with Crippen LogP contribution < -0.4 is 5.32 Å². The molecule has 1 atom stereocenters. The third-order valence-corrected chi connectivity index (χ3v) is 4.88. The molecule has 1 aliphatic heterocycles. The van der Waals surface area contributed by atoms with Crippen LogP contribution in [0.5, 0.6) is 0 Å². The molecular weight excluding hydrogens is 264 g/mol. The summed E-state index contributed by atoms with van der Waals surface area (Å²) in [7, 11) is 0. The molecule has 2 aliphatic rings. The SMILES string of the molecule is CCC1NC(=O)CCN(C2CC(C)(C)CC(C)(C)C2)C1=O. The van der Waals surface area contributed by atoms with Crippen LogP contribution >= 0.6 is 0 Å². The Morgan fingerprint density at radius 2 is 1.71 bits per heavy atom. The second kappa shape index (κ2) is 5.62. The largest absolute Gasteiger partial charge is 0.344 e. The van der Waals surface area contributed by atoms with E-state index in [-0.39, 0.29) is 34.7 Å². The molecule has 2 rings (SSSR count). The molecule has 2 amide bonds. The summed E-state index contributed by atoms with van der Waals surface area (Å²) in [5, 5.41) is 2.86. The number of carbonyl (C=O) groups is 2. The van der Waals surface area contributed by atoms with E-state index in [0.717, 1.165) is 12.8 Å². The van der Waals surface area contributed by atoms with Gasteiger partial charge in [0.15, 0.2) is 0 Å². The van der Waals surface area contributed by atoms with Crippen molar-refractivity contribution in [3.05, 3.63) is 0 Å². The number of rotatable bonds is 2. The molecule has 4 heteroatoms. The van der Waals surface area contributed by atoms with Gasteiger partial charge in [0.1, 0.15) is 6.04 Å². The maximum absolute atomic E-state index is 12.8. The Kier molecular flexibility index (Phi) is 4.36. The van der Waals surface area contributed by atoms with Gasteiger partial charge < -0.3 is 10.2 Å². The highest BCUT2D eigenvalue weighted by molar-refractivity contribution is 5.90. The third kappa shape index (κ3) is 3.78. The molecule has 0 aromatic carbocycles. The summed E-state index contributed by atoms with van der Waals surface area (Å²) < 4.78 is 0. The minimum absolute atomic E-state index is 0.00651. The van der Waals surface area contributed by atoms with Crippen molar-refractivity contribution < 1.29 is 9.59 Å². The van der Waals surface area contributed by atoms with Crippen molar-refractivity contribution in [2.75, 3.05) is 6.54 Å². The molecule has 1 saturated heterocycles. The Morgan fingerprint density at radius 1 is 1.14 bits per heavy atom. The highest BCUT2D eigenvalue weighted by atomic mass is 16.2. The predicted octanol–water partition coefficient (Wildman–Crippen LogP) is 2.72. The average Bonchev–Trinajstić information content (AvgIpc) is 2.45. The first-order chi connectivity index (χ1) is 9.63. The highest BCUT2D eigenvalue weighted by Gasteiger charge is 2.43. The first-order valence-corrected chi connectivity index (χ1v) is 8.23. The fourth-order valence-electron chi connectivity index (χ4n) is 4.51. The fraction of sp³-hybridized carbons (Fsp3) is 0.882. The van der Waals surface area contributed by atoms with E-state index in [9.17, 15) is 9.59 Å². The van der Waals surface area contributed by atoms with Crippen molar-refractivity contribution in [2.24, 2.45) is 10.8 Å². The van der Waals surface area contributed by atoms with Gasteiger partial charge in [0.25, 0.3) is 0 Å². The van der Waals surface area contributed by atoms with Gasteiger partial charge in [0.2, 0.25) is 11.8 Å². The molecule has 21 heavy (non-hydrogen) atoms. The second-order valence-corrected chi connectivity index (χ2v) is 8.38. The van der Waals surface area contributed by atoms with Crippen molar-refractivity contribution in [3.8, 4) is 0 Å². The van der Waals surface area contributed by atoms with Crippen LogP contribution in [0.25, 0.3) is 0 Å². The van der Waals surface area contributed by atoms with Crippen LogP contribution in [0.3, 0.4) is 0 Å². The smallest absolute Gasteiger partial charge is 0.245 e. The topological polar surface area (TPSA) is 49.4 Å². The van der Waals surface area contributed by atoms with Gasteiger partial charge in [0, 0.05) is 19.0 Å². The van der Waals surface area contributed by atoms with Crippen LogP contribution in [0.4, 0.5) is 0 Å². The molecule has 1 heterocycles. The molecule has 1 N–H and O–H groups in total. The molecule has 0 bridgehead atoms. The van der Waals surface area contributed by atoms with Crippen LogP contribution in [0, 0.1) is 10.8 Å². The van der Waals surface area contributed by atoms with Crippen molar-refractivity contribution in [1.29, 1.82) is 0 Å². The van der Waals surface area contributed by atoms with E-state index in [1.807, 2.05) is 11.8 Å². The molecule has 1 aliphatic carbocycles. The lowest BCUT2D eigenvalue weighted by Crippen LogP contribution is -2.52. The standard InChI is InChI=1S/C17H30N2O2/c1-6-13-15(21)19(8-7-14(20)18-13)12-9-16(2,3)11-17(4,5)10-12/h12-13H,6-11H2,1-5H3,(H,18,20). The van der Waals surface area contributed by atoms with Crippen molar-refractivity contribution >= 4 is 11.8 Å². The summed E-state index contributed by atoms with van der Waals surface area (Å²) in [4.78, 5) is 26.5. The lowest BCUT2D eigenvalue weighted by molar-refractivity contribution is -0.138. The van der Waals surface area contributed by atoms with Gasteiger partial charge in [-0.25, -0.2) is 0 Å². The first-order valence-electron chi connectivity index (χ1n) is 8.23. The summed E-state index contributed by atoms with van der Waals surface area (Å²) in [5.74, 6) is 0.119. The fourth-order valence-corrected chi connectivity index (χ4v) is 4.51. The molecule has 0 spiro atoms. The molecule has 0 aromatic heterocycles. The highest BCUT2D eigenvalue weighted by Crippen LogP contribution is 2.47. The number of hydrogen-bond donors (Lipinski definition) is 1. The zero-order valence-electron chi connectivity index (χ0n) is 14.2. The molecule has 120 valence electrons. The van der Waals surface area contributed by atoms with E-state index >= 15 is 0 Å². The monoisotopic (exact) mass is 294 g/mol. The Morgan fingerprint density at radius 3 is 2.24 bits per heavy atom. The van der Waals surface area contributed by atoms with Gasteiger partial charge in [-0.05, 0) is 36.5 Å². The summed E-state index contributed by atoms with van der Waals surface area (Å²) in [6.07, 6.45) is 4.35.